The Morgan fingerprint density at radius 3 is 2.85 bits per heavy atom. The lowest BCUT2D eigenvalue weighted by atomic mass is 9.86. The van der Waals surface area contributed by atoms with Gasteiger partial charge in [0.1, 0.15) is 0 Å². The first-order chi connectivity index (χ1) is 12.6. The van der Waals surface area contributed by atoms with Gasteiger partial charge in [0.15, 0.2) is 11.5 Å². The summed E-state index contributed by atoms with van der Waals surface area (Å²) < 4.78 is 11.1. The lowest BCUT2D eigenvalue weighted by Crippen LogP contribution is -2.60. The monoisotopic (exact) mass is 361 g/mol. The van der Waals surface area contributed by atoms with Crippen LogP contribution in [0.2, 0.25) is 0 Å². The molecule has 1 atom stereocenters. The molecule has 0 aromatic heterocycles. The van der Waals surface area contributed by atoms with Crippen LogP contribution in [0.25, 0.3) is 0 Å². The van der Waals surface area contributed by atoms with Gasteiger partial charge in [0, 0.05) is 44.7 Å². The fourth-order valence-corrected chi connectivity index (χ4v) is 4.16. The van der Waals surface area contributed by atoms with Crippen LogP contribution in [0, 0.1) is 0 Å². The lowest BCUT2D eigenvalue weighted by Gasteiger charge is -2.49. The van der Waals surface area contributed by atoms with E-state index in [0.717, 1.165) is 57.1 Å². The summed E-state index contributed by atoms with van der Waals surface area (Å²) in [5, 5.41) is 3.02. The molecule has 1 amide bonds. The van der Waals surface area contributed by atoms with E-state index >= 15 is 0 Å². The number of ether oxygens (including phenoxy) is 2. The highest BCUT2D eigenvalue weighted by atomic mass is 16.5. The normalized spacial score (nSPS) is 25.0. The molecule has 2 heterocycles. The van der Waals surface area contributed by atoms with E-state index in [4.69, 9.17) is 9.47 Å². The average molecular weight is 361 g/mol. The highest BCUT2D eigenvalue weighted by Crippen LogP contribution is 2.32. The minimum absolute atomic E-state index is 0.0900. The van der Waals surface area contributed by atoms with E-state index in [1.54, 1.807) is 7.11 Å². The van der Waals surface area contributed by atoms with Crippen LogP contribution in [0.5, 0.6) is 11.5 Å². The molecule has 3 rings (SSSR count). The van der Waals surface area contributed by atoms with Crippen LogP contribution in [0.3, 0.4) is 0 Å². The third-order valence-electron chi connectivity index (χ3n) is 5.74. The predicted octanol–water partition coefficient (Wildman–Crippen LogP) is 1.88. The highest BCUT2D eigenvalue weighted by molar-refractivity contribution is 5.76. The molecule has 1 spiro atoms. The third kappa shape index (κ3) is 4.13. The molecule has 1 aromatic rings. The van der Waals surface area contributed by atoms with Crippen LogP contribution < -0.4 is 14.8 Å². The van der Waals surface area contributed by atoms with Gasteiger partial charge in [-0.3, -0.25) is 14.6 Å². The second kappa shape index (κ2) is 8.27. The first kappa shape index (κ1) is 19.0. The number of carbonyl (C=O) groups is 1. The Labute approximate surface area is 156 Å². The maximum atomic E-state index is 11.8. The Hall–Kier alpha value is -1.79. The Kier molecular flexibility index (Phi) is 6.04. The Bertz CT molecular complexity index is 637. The van der Waals surface area contributed by atoms with Crippen molar-refractivity contribution in [1.29, 1.82) is 0 Å². The summed E-state index contributed by atoms with van der Waals surface area (Å²) in [5.41, 5.74) is 1.32. The molecule has 1 N–H and O–H groups in total. The number of amides is 1. The van der Waals surface area contributed by atoms with Crippen molar-refractivity contribution in [3.63, 3.8) is 0 Å². The third-order valence-corrected chi connectivity index (χ3v) is 5.74. The number of methoxy groups -OCH3 is 1. The smallest absolute Gasteiger partial charge is 0.220 e. The van der Waals surface area contributed by atoms with Crippen molar-refractivity contribution in [2.45, 2.75) is 38.3 Å². The quantitative estimate of drug-likeness (QED) is 0.868. The molecule has 1 unspecified atom stereocenters. The van der Waals surface area contributed by atoms with Crippen molar-refractivity contribution in [2.75, 3.05) is 46.9 Å². The van der Waals surface area contributed by atoms with Crippen molar-refractivity contribution in [3.05, 3.63) is 23.8 Å². The number of benzene rings is 1. The summed E-state index contributed by atoms with van der Waals surface area (Å²) in [7, 11) is 3.88. The minimum Gasteiger partial charge on any atom is -0.493 e. The van der Waals surface area contributed by atoms with Gasteiger partial charge in [-0.15, -0.1) is 0 Å². The molecule has 0 aliphatic carbocycles. The van der Waals surface area contributed by atoms with Crippen molar-refractivity contribution < 1.29 is 14.3 Å². The van der Waals surface area contributed by atoms with E-state index in [9.17, 15) is 4.79 Å². The van der Waals surface area contributed by atoms with Gasteiger partial charge >= 0.3 is 0 Å². The molecule has 144 valence electrons. The molecule has 26 heavy (non-hydrogen) atoms. The number of rotatable bonds is 5. The van der Waals surface area contributed by atoms with Gasteiger partial charge < -0.3 is 14.8 Å². The van der Waals surface area contributed by atoms with Crippen LogP contribution in [0.1, 0.15) is 31.7 Å². The molecular weight excluding hydrogens is 330 g/mol. The Morgan fingerprint density at radius 1 is 1.23 bits per heavy atom. The number of piperazine rings is 1. The van der Waals surface area contributed by atoms with Crippen molar-refractivity contribution in [3.8, 4) is 11.5 Å². The molecule has 6 heteroatoms. The molecule has 0 radical (unpaired) electrons. The number of carbonyl (C=O) groups excluding carboxylic acids is 1. The summed E-state index contributed by atoms with van der Waals surface area (Å²) in [4.78, 5) is 16.7. The molecule has 6 nitrogen and oxygen atoms in total. The van der Waals surface area contributed by atoms with Crippen LogP contribution in [-0.2, 0) is 11.3 Å². The van der Waals surface area contributed by atoms with Crippen molar-refractivity contribution in [1.82, 2.24) is 15.1 Å². The summed E-state index contributed by atoms with van der Waals surface area (Å²) in [6.07, 6.45) is 2.56. The van der Waals surface area contributed by atoms with Crippen LogP contribution >= 0.6 is 0 Å². The summed E-state index contributed by atoms with van der Waals surface area (Å²) in [5.74, 6) is 1.77. The summed E-state index contributed by atoms with van der Waals surface area (Å²) >= 11 is 0. The molecule has 2 aliphatic rings. The molecule has 0 saturated carbocycles. The maximum absolute atomic E-state index is 11.8. The number of hydrogen-bond donors (Lipinski definition) is 1. The molecule has 1 aromatic carbocycles. The van der Waals surface area contributed by atoms with Gasteiger partial charge in [0.05, 0.1) is 13.7 Å². The molecule has 2 fully saturated rings. The van der Waals surface area contributed by atoms with E-state index in [-0.39, 0.29) is 11.4 Å². The fraction of sp³-hybridized carbons (Fsp3) is 0.650. The van der Waals surface area contributed by atoms with Crippen LogP contribution in [0.15, 0.2) is 18.2 Å². The zero-order valence-corrected chi connectivity index (χ0v) is 16.2. The van der Waals surface area contributed by atoms with Gasteiger partial charge in [-0.05, 0) is 44.5 Å². The first-order valence-electron chi connectivity index (χ1n) is 9.56. The standard InChI is InChI=1S/C20H31N3O3/c1-4-26-17-6-5-16(13-18(17)25-3)14-23-12-11-22(2)20(15-23)8-7-19(24)21-10-9-20/h5-6,13H,4,7-12,14-15H2,1-3H3,(H,21,24). The SMILES string of the molecule is CCOc1ccc(CN2CCN(C)C3(CCNC(=O)CC3)C2)cc1OC. The van der Waals surface area contributed by atoms with E-state index in [0.29, 0.717) is 13.0 Å². The van der Waals surface area contributed by atoms with E-state index in [1.165, 1.54) is 5.56 Å². The number of nitrogens with one attached hydrogen (secondary N) is 1. The summed E-state index contributed by atoms with van der Waals surface area (Å²) in [6.45, 7) is 7.33. The molecule has 2 aliphatic heterocycles. The largest absolute Gasteiger partial charge is 0.493 e. The van der Waals surface area contributed by atoms with Crippen molar-refractivity contribution in [2.24, 2.45) is 0 Å². The zero-order chi connectivity index (χ0) is 18.6. The number of nitrogens with zero attached hydrogens (tertiary/aromatic N) is 2. The predicted molar refractivity (Wildman–Crippen MR) is 102 cm³/mol. The highest BCUT2D eigenvalue weighted by Gasteiger charge is 2.40. The second-order valence-electron chi connectivity index (χ2n) is 7.37. The maximum Gasteiger partial charge on any atom is 0.220 e. The lowest BCUT2D eigenvalue weighted by molar-refractivity contribution is -0.121. The van der Waals surface area contributed by atoms with E-state index < -0.39 is 0 Å². The van der Waals surface area contributed by atoms with Gasteiger partial charge in [0.2, 0.25) is 5.91 Å². The van der Waals surface area contributed by atoms with E-state index in [2.05, 4.69) is 34.3 Å². The average Bonchev–Trinajstić information content (AvgIpc) is 2.82. The summed E-state index contributed by atoms with van der Waals surface area (Å²) in [6, 6.07) is 6.20. The van der Waals surface area contributed by atoms with Gasteiger partial charge in [-0.1, -0.05) is 6.07 Å². The Balaban J connectivity index is 1.71. The molecule has 2 saturated heterocycles. The molecule has 0 bridgehead atoms. The van der Waals surface area contributed by atoms with Gasteiger partial charge in [-0.25, -0.2) is 0 Å². The Morgan fingerprint density at radius 2 is 2.08 bits per heavy atom. The van der Waals surface area contributed by atoms with Crippen molar-refractivity contribution >= 4 is 5.91 Å². The minimum atomic E-state index is 0.0900. The van der Waals surface area contributed by atoms with Gasteiger partial charge in [0.25, 0.3) is 0 Å². The van der Waals surface area contributed by atoms with Crippen LogP contribution in [-0.4, -0.2) is 68.2 Å². The zero-order valence-electron chi connectivity index (χ0n) is 16.2. The second-order valence-corrected chi connectivity index (χ2v) is 7.37. The first-order valence-corrected chi connectivity index (χ1v) is 9.56. The van der Waals surface area contributed by atoms with Crippen LogP contribution in [0.4, 0.5) is 0 Å². The van der Waals surface area contributed by atoms with Gasteiger partial charge in [-0.2, -0.15) is 0 Å². The van der Waals surface area contributed by atoms with E-state index in [1.807, 2.05) is 13.0 Å². The number of hydrogen-bond acceptors (Lipinski definition) is 5. The number of likely N-dealkylation sites (N-methyl/N-ethyl adjacent to an activating group) is 1. The molecular formula is C20H31N3O3. The topological polar surface area (TPSA) is 54.0 Å². The fourth-order valence-electron chi connectivity index (χ4n) is 4.16.